The highest BCUT2D eigenvalue weighted by Gasteiger charge is 2.11. The van der Waals surface area contributed by atoms with Gasteiger partial charge in [0.1, 0.15) is 0 Å². The third-order valence-electron chi connectivity index (χ3n) is 2.30. The van der Waals surface area contributed by atoms with E-state index >= 15 is 0 Å². The van der Waals surface area contributed by atoms with Crippen LogP contribution in [-0.2, 0) is 10.8 Å². The molecule has 0 aliphatic heterocycles. The van der Waals surface area contributed by atoms with Crippen molar-refractivity contribution in [2.75, 3.05) is 12.8 Å². The number of halogens is 2. The Balaban J connectivity index is 2.64. The van der Waals surface area contributed by atoms with Gasteiger partial charge in [0.15, 0.2) is 0 Å². The van der Waals surface area contributed by atoms with Crippen molar-refractivity contribution in [2.45, 2.75) is 12.2 Å². The van der Waals surface area contributed by atoms with Gasteiger partial charge in [-0.15, -0.1) is 0 Å². The van der Waals surface area contributed by atoms with Crippen molar-refractivity contribution in [3.8, 4) is 0 Å². The molecule has 0 saturated heterocycles. The first kappa shape index (κ1) is 14.7. The zero-order valence-electron chi connectivity index (χ0n) is 9.50. The second kappa shape index (κ2) is 6.52. The fourth-order valence-corrected chi connectivity index (χ4v) is 1.91. The van der Waals surface area contributed by atoms with E-state index in [2.05, 4.69) is 21.2 Å². The van der Waals surface area contributed by atoms with E-state index in [1.807, 2.05) is 6.92 Å². The summed E-state index contributed by atoms with van der Waals surface area (Å²) in [6.07, 6.45) is 1.62. The normalized spacial score (nSPS) is 14.1. The lowest BCUT2D eigenvalue weighted by Crippen LogP contribution is -2.32. The number of amides is 1. The number of carbonyl (C=O) groups is 1. The van der Waals surface area contributed by atoms with Crippen molar-refractivity contribution in [2.24, 2.45) is 0 Å². The fourth-order valence-electron chi connectivity index (χ4n) is 1.09. The van der Waals surface area contributed by atoms with Crippen molar-refractivity contribution >= 4 is 44.2 Å². The average Bonchev–Trinajstić information content (AvgIpc) is 2.28. The maximum atomic E-state index is 11.8. The Labute approximate surface area is 117 Å². The summed E-state index contributed by atoms with van der Waals surface area (Å²) in [4.78, 5) is 11.8. The molecule has 3 nitrogen and oxygen atoms in total. The summed E-state index contributed by atoms with van der Waals surface area (Å²) in [7, 11) is -0.936. The minimum atomic E-state index is -0.936. The van der Waals surface area contributed by atoms with Crippen molar-refractivity contribution in [3.63, 3.8) is 0 Å². The van der Waals surface area contributed by atoms with Crippen LogP contribution in [0.2, 0.25) is 5.02 Å². The van der Waals surface area contributed by atoms with Gasteiger partial charge in [-0.25, -0.2) is 0 Å². The third-order valence-corrected chi connectivity index (χ3v) is 4.81. The van der Waals surface area contributed by atoms with Crippen molar-refractivity contribution in [3.05, 3.63) is 33.3 Å². The summed E-state index contributed by atoms with van der Waals surface area (Å²) in [5, 5.41) is 3.23. The van der Waals surface area contributed by atoms with E-state index in [0.29, 0.717) is 21.6 Å². The molecule has 1 aromatic rings. The molecule has 0 aromatic heterocycles. The van der Waals surface area contributed by atoms with Gasteiger partial charge in [0.05, 0.1) is 5.02 Å². The van der Waals surface area contributed by atoms with E-state index in [1.54, 1.807) is 24.5 Å². The van der Waals surface area contributed by atoms with Crippen LogP contribution in [-0.4, -0.2) is 28.2 Å². The van der Waals surface area contributed by atoms with Gasteiger partial charge in [-0.3, -0.25) is 9.00 Å². The van der Waals surface area contributed by atoms with E-state index in [0.717, 1.165) is 0 Å². The van der Waals surface area contributed by atoms with Crippen LogP contribution in [0.1, 0.15) is 17.3 Å². The Bertz CT molecular complexity index is 453. The lowest BCUT2D eigenvalue weighted by Gasteiger charge is -2.10. The summed E-state index contributed by atoms with van der Waals surface area (Å²) in [6.45, 7) is 2.22. The summed E-state index contributed by atoms with van der Waals surface area (Å²) in [5.74, 6) is -0.195. The van der Waals surface area contributed by atoms with E-state index in [4.69, 9.17) is 11.6 Å². The molecule has 2 atom stereocenters. The largest absolute Gasteiger partial charge is 0.351 e. The summed E-state index contributed by atoms with van der Waals surface area (Å²) >= 11 is 9.09. The van der Waals surface area contributed by atoms with Crippen molar-refractivity contribution in [1.82, 2.24) is 5.32 Å². The molecule has 0 bridgehead atoms. The number of carbonyl (C=O) groups excluding carboxylic acids is 1. The van der Waals surface area contributed by atoms with Gasteiger partial charge in [0, 0.05) is 38.9 Å². The predicted molar refractivity (Wildman–Crippen MR) is 75.0 cm³/mol. The van der Waals surface area contributed by atoms with Gasteiger partial charge >= 0.3 is 0 Å². The summed E-state index contributed by atoms with van der Waals surface area (Å²) in [6, 6.07) is 4.96. The van der Waals surface area contributed by atoms with Crippen LogP contribution in [0.5, 0.6) is 0 Å². The fraction of sp³-hybridized carbons (Fsp3) is 0.364. The van der Waals surface area contributed by atoms with Gasteiger partial charge in [0.25, 0.3) is 5.91 Å². The third kappa shape index (κ3) is 4.41. The molecular weight excluding hydrogens is 326 g/mol. The molecule has 1 N–H and O–H groups in total. The van der Waals surface area contributed by atoms with Crippen LogP contribution in [0.4, 0.5) is 0 Å². The molecule has 1 amide bonds. The standard InChI is InChI=1S/C11H13BrClNO2S/c1-7(17(2)16)6-14-11(15)8-3-4-10(13)9(12)5-8/h3-5,7H,6H2,1-2H3,(H,14,15). The Morgan fingerprint density at radius 3 is 2.76 bits per heavy atom. The predicted octanol–water partition coefficient (Wildman–Crippen LogP) is 2.60. The lowest BCUT2D eigenvalue weighted by atomic mass is 10.2. The average molecular weight is 339 g/mol. The minimum absolute atomic E-state index is 0.0605. The number of nitrogens with one attached hydrogen (secondary N) is 1. The van der Waals surface area contributed by atoms with E-state index in [-0.39, 0.29) is 11.2 Å². The Morgan fingerprint density at radius 1 is 1.59 bits per heavy atom. The van der Waals surface area contributed by atoms with Gasteiger partial charge in [-0.2, -0.15) is 0 Å². The van der Waals surface area contributed by atoms with Crippen molar-refractivity contribution < 1.29 is 9.00 Å². The smallest absolute Gasteiger partial charge is 0.251 e. The van der Waals surface area contributed by atoms with Crippen molar-refractivity contribution in [1.29, 1.82) is 0 Å². The number of benzene rings is 1. The van der Waals surface area contributed by atoms with Crippen LogP contribution in [0.3, 0.4) is 0 Å². The molecule has 0 heterocycles. The van der Waals surface area contributed by atoms with E-state index in [1.165, 1.54) is 0 Å². The molecule has 0 radical (unpaired) electrons. The van der Waals surface area contributed by atoms with Crippen LogP contribution in [0, 0.1) is 0 Å². The zero-order chi connectivity index (χ0) is 13.0. The molecule has 17 heavy (non-hydrogen) atoms. The van der Waals surface area contributed by atoms with Gasteiger partial charge in [-0.05, 0) is 41.1 Å². The highest BCUT2D eigenvalue weighted by molar-refractivity contribution is 9.10. The van der Waals surface area contributed by atoms with Crippen LogP contribution >= 0.6 is 27.5 Å². The molecule has 0 spiro atoms. The molecule has 6 heteroatoms. The minimum Gasteiger partial charge on any atom is -0.351 e. The Kier molecular flexibility index (Phi) is 5.62. The molecule has 0 aliphatic rings. The zero-order valence-corrected chi connectivity index (χ0v) is 12.7. The molecule has 0 saturated carbocycles. The van der Waals surface area contributed by atoms with E-state index < -0.39 is 10.8 Å². The molecule has 2 unspecified atom stereocenters. The van der Waals surface area contributed by atoms with E-state index in [9.17, 15) is 9.00 Å². The molecule has 0 aliphatic carbocycles. The van der Waals surface area contributed by atoms with Crippen LogP contribution in [0.15, 0.2) is 22.7 Å². The molecule has 1 aromatic carbocycles. The maximum Gasteiger partial charge on any atom is 0.251 e. The topological polar surface area (TPSA) is 46.2 Å². The monoisotopic (exact) mass is 337 g/mol. The first-order valence-corrected chi connectivity index (χ1v) is 7.76. The number of hydrogen-bond acceptors (Lipinski definition) is 2. The number of rotatable bonds is 4. The SMILES string of the molecule is CC(CNC(=O)c1ccc(Cl)c(Br)c1)S(C)=O. The number of hydrogen-bond donors (Lipinski definition) is 1. The Morgan fingerprint density at radius 2 is 2.24 bits per heavy atom. The first-order chi connectivity index (χ1) is 7.91. The summed E-state index contributed by atoms with van der Waals surface area (Å²) < 4.78 is 11.8. The maximum absolute atomic E-state index is 11.8. The molecule has 1 rings (SSSR count). The quantitative estimate of drug-likeness (QED) is 0.917. The van der Waals surface area contributed by atoms with Gasteiger partial charge in [0.2, 0.25) is 0 Å². The molecular formula is C11H13BrClNO2S. The molecule has 0 fully saturated rings. The van der Waals surface area contributed by atoms with Gasteiger partial charge < -0.3 is 5.32 Å². The second-order valence-corrected chi connectivity index (χ2v) is 6.71. The first-order valence-electron chi connectivity index (χ1n) is 4.97. The lowest BCUT2D eigenvalue weighted by molar-refractivity contribution is 0.0954. The summed E-state index contributed by atoms with van der Waals surface area (Å²) in [5.41, 5.74) is 0.523. The highest BCUT2D eigenvalue weighted by Crippen LogP contribution is 2.23. The Hall–Kier alpha value is -0.390. The molecule has 94 valence electrons. The van der Waals surface area contributed by atoms with Crippen LogP contribution in [0.25, 0.3) is 0 Å². The highest BCUT2D eigenvalue weighted by atomic mass is 79.9. The van der Waals surface area contributed by atoms with Crippen LogP contribution < -0.4 is 5.32 Å². The van der Waals surface area contributed by atoms with Gasteiger partial charge in [-0.1, -0.05) is 11.6 Å². The second-order valence-electron chi connectivity index (χ2n) is 3.65.